The molecule has 2 aromatic carbocycles. The van der Waals surface area contributed by atoms with Gasteiger partial charge in [-0.25, -0.2) is 0 Å². The first-order chi connectivity index (χ1) is 14.0. The van der Waals surface area contributed by atoms with Gasteiger partial charge in [0.1, 0.15) is 6.04 Å². The highest BCUT2D eigenvalue weighted by Gasteiger charge is 2.28. The average molecular weight is 393 g/mol. The highest BCUT2D eigenvalue weighted by atomic mass is 16.2. The standard InChI is InChI=1S/C25H32N2O2/c1-19-12-14-22(15-13-19)18-27(20(2)25(29)26-23-10-6-7-11-23)24(28)17-16-21-8-4-3-5-9-21/h3-5,8-9,12-15,20,23H,6-7,10-11,16-18H2,1-2H3,(H,26,29)/t20-/m0/s1. The summed E-state index contributed by atoms with van der Waals surface area (Å²) in [5.74, 6) is -0.0272. The number of aryl methyl sites for hydroxylation is 2. The Morgan fingerprint density at radius 2 is 1.66 bits per heavy atom. The molecule has 1 fully saturated rings. The van der Waals surface area contributed by atoms with Gasteiger partial charge in [0.15, 0.2) is 0 Å². The van der Waals surface area contributed by atoms with E-state index in [1.165, 1.54) is 18.4 Å². The van der Waals surface area contributed by atoms with Crippen molar-refractivity contribution in [1.29, 1.82) is 0 Å². The third kappa shape index (κ3) is 6.18. The number of nitrogens with one attached hydrogen (secondary N) is 1. The maximum Gasteiger partial charge on any atom is 0.242 e. The van der Waals surface area contributed by atoms with Crippen molar-refractivity contribution in [1.82, 2.24) is 10.2 Å². The molecule has 154 valence electrons. The molecule has 0 unspecified atom stereocenters. The van der Waals surface area contributed by atoms with E-state index in [1.54, 1.807) is 4.90 Å². The van der Waals surface area contributed by atoms with E-state index < -0.39 is 6.04 Å². The van der Waals surface area contributed by atoms with E-state index in [1.807, 2.05) is 68.4 Å². The maximum absolute atomic E-state index is 13.1. The van der Waals surface area contributed by atoms with Crippen molar-refractivity contribution in [3.63, 3.8) is 0 Å². The molecule has 0 saturated heterocycles. The Labute approximate surface area is 174 Å². The molecule has 3 rings (SSSR count). The van der Waals surface area contributed by atoms with Gasteiger partial charge in [-0.05, 0) is 44.2 Å². The van der Waals surface area contributed by atoms with Gasteiger partial charge in [-0.3, -0.25) is 9.59 Å². The molecule has 1 atom stereocenters. The van der Waals surface area contributed by atoms with Crippen LogP contribution in [0.25, 0.3) is 0 Å². The van der Waals surface area contributed by atoms with Gasteiger partial charge in [0.05, 0.1) is 0 Å². The minimum absolute atomic E-state index is 0.0171. The Bertz CT molecular complexity index is 795. The zero-order chi connectivity index (χ0) is 20.6. The van der Waals surface area contributed by atoms with Gasteiger partial charge < -0.3 is 10.2 Å². The van der Waals surface area contributed by atoms with Crippen LogP contribution in [0.15, 0.2) is 54.6 Å². The molecule has 1 saturated carbocycles. The first-order valence-corrected chi connectivity index (χ1v) is 10.7. The van der Waals surface area contributed by atoms with E-state index >= 15 is 0 Å². The first-order valence-electron chi connectivity index (χ1n) is 10.7. The van der Waals surface area contributed by atoms with E-state index in [-0.39, 0.29) is 17.9 Å². The predicted molar refractivity (Wildman–Crippen MR) is 116 cm³/mol. The number of amides is 2. The van der Waals surface area contributed by atoms with Crippen LogP contribution < -0.4 is 5.32 Å². The summed E-state index contributed by atoms with van der Waals surface area (Å²) in [6.45, 7) is 4.34. The SMILES string of the molecule is Cc1ccc(CN(C(=O)CCc2ccccc2)[C@@H](C)C(=O)NC2CCCC2)cc1. The molecule has 0 heterocycles. The Morgan fingerprint density at radius 1 is 1.00 bits per heavy atom. The fourth-order valence-electron chi connectivity index (χ4n) is 3.90. The third-order valence-electron chi connectivity index (χ3n) is 5.81. The fraction of sp³-hybridized carbons (Fsp3) is 0.440. The molecule has 0 spiro atoms. The van der Waals surface area contributed by atoms with Gasteiger partial charge in [0.2, 0.25) is 11.8 Å². The van der Waals surface area contributed by atoms with Crippen molar-refractivity contribution in [2.75, 3.05) is 0 Å². The van der Waals surface area contributed by atoms with Gasteiger partial charge in [0.25, 0.3) is 0 Å². The van der Waals surface area contributed by atoms with Crippen LogP contribution in [0, 0.1) is 6.92 Å². The fourth-order valence-corrected chi connectivity index (χ4v) is 3.90. The van der Waals surface area contributed by atoms with Crippen molar-refractivity contribution in [3.05, 3.63) is 71.3 Å². The van der Waals surface area contributed by atoms with Crippen LogP contribution in [0.5, 0.6) is 0 Å². The lowest BCUT2D eigenvalue weighted by atomic mass is 10.1. The molecule has 2 aromatic rings. The number of carbonyl (C=O) groups is 2. The van der Waals surface area contributed by atoms with Gasteiger partial charge in [-0.1, -0.05) is 73.0 Å². The van der Waals surface area contributed by atoms with Gasteiger partial charge >= 0.3 is 0 Å². The predicted octanol–water partition coefficient (Wildman–Crippen LogP) is 4.40. The van der Waals surface area contributed by atoms with Crippen molar-refractivity contribution < 1.29 is 9.59 Å². The highest BCUT2D eigenvalue weighted by molar-refractivity contribution is 5.87. The van der Waals surface area contributed by atoms with Crippen LogP contribution in [0.2, 0.25) is 0 Å². The van der Waals surface area contributed by atoms with E-state index in [0.717, 1.165) is 24.0 Å². The number of benzene rings is 2. The second-order valence-electron chi connectivity index (χ2n) is 8.16. The van der Waals surface area contributed by atoms with Crippen LogP contribution in [-0.2, 0) is 22.6 Å². The van der Waals surface area contributed by atoms with Crippen LogP contribution in [-0.4, -0.2) is 28.8 Å². The van der Waals surface area contributed by atoms with Crippen LogP contribution >= 0.6 is 0 Å². The smallest absolute Gasteiger partial charge is 0.242 e. The van der Waals surface area contributed by atoms with Gasteiger partial charge in [0, 0.05) is 19.0 Å². The normalized spacial score (nSPS) is 15.1. The molecule has 0 radical (unpaired) electrons. The molecule has 29 heavy (non-hydrogen) atoms. The number of hydrogen-bond donors (Lipinski definition) is 1. The molecule has 1 aliphatic carbocycles. The molecular weight excluding hydrogens is 360 g/mol. The largest absolute Gasteiger partial charge is 0.352 e. The van der Waals surface area contributed by atoms with E-state index in [4.69, 9.17) is 0 Å². The zero-order valence-electron chi connectivity index (χ0n) is 17.6. The van der Waals surface area contributed by atoms with Crippen LogP contribution in [0.3, 0.4) is 0 Å². The molecule has 4 heteroatoms. The monoisotopic (exact) mass is 392 g/mol. The zero-order valence-corrected chi connectivity index (χ0v) is 17.6. The average Bonchev–Trinajstić information content (AvgIpc) is 3.25. The summed E-state index contributed by atoms with van der Waals surface area (Å²) in [5.41, 5.74) is 3.37. The van der Waals surface area contributed by atoms with Gasteiger partial charge in [-0.2, -0.15) is 0 Å². The van der Waals surface area contributed by atoms with Crippen molar-refractivity contribution >= 4 is 11.8 Å². The van der Waals surface area contributed by atoms with Crippen LogP contribution in [0.1, 0.15) is 55.7 Å². The second-order valence-corrected chi connectivity index (χ2v) is 8.16. The van der Waals surface area contributed by atoms with Crippen LogP contribution in [0.4, 0.5) is 0 Å². The topological polar surface area (TPSA) is 49.4 Å². The molecule has 0 bridgehead atoms. The molecule has 2 amide bonds. The summed E-state index contributed by atoms with van der Waals surface area (Å²) in [6, 6.07) is 18.0. The lowest BCUT2D eigenvalue weighted by Gasteiger charge is -2.30. The molecule has 1 N–H and O–H groups in total. The number of nitrogens with zero attached hydrogens (tertiary/aromatic N) is 1. The second kappa shape index (κ2) is 10.2. The summed E-state index contributed by atoms with van der Waals surface area (Å²) in [5, 5.41) is 3.15. The Balaban J connectivity index is 1.69. The summed E-state index contributed by atoms with van der Waals surface area (Å²) in [4.78, 5) is 27.7. The first kappa shape index (κ1) is 21.1. The van der Waals surface area contributed by atoms with E-state index in [2.05, 4.69) is 5.32 Å². The number of hydrogen-bond acceptors (Lipinski definition) is 2. The lowest BCUT2D eigenvalue weighted by Crippen LogP contribution is -2.49. The minimum atomic E-state index is -0.486. The summed E-state index contributed by atoms with van der Waals surface area (Å²) in [6.07, 6.45) is 5.50. The lowest BCUT2D eigenvalue weighted by molar-refractivity contribution is -0.140. The Hall–Kier alpha value is -2.62. The molecule has 1 aliphatic rings. The number of rotatable bonds is 8. The van der Waals surface area contributed by atoms with Gasteiger partial charge in [-0.15, -0.1) is 0 Å². The Kier molecular flexibility index (Phi) is 7.45. The van der Waals surface area contributed by atoms with E-state index in [0.29, 0.717) is 19.4 Å². The Morgan fingerprint density at radius 3 is 2.31 bits per heavy atom. The third-order valence-corrected chi connectivity index (χ3v) is 5.81. The number of carbonyl (C=O) groups excluding carboxylic acids is 2. The molecular formula is C25H32N2O2. The summed E-state index contributed by atoms with van der Waals surface area (Å²) in [7, 11) is 0. The minimum Gasteiger partial charge on any atom is -0.352 e. The van der Waals surface area contributed by atoms with Crippen molar-refractivity contribution in [2.24, 2.45) is 0 Å². The highest BCUT2D eigenvalue weighted by Crippen LogP contribution is 2.19. The maximum atomic E-state index is 13.1. The van der Waals surface area contributed by atoms with Crippen molar-refractivity contribution in [2.45, 2.75) is 71.0 Å². The molecule has 0 aliphatic heterocycles. The summed E-state index contributed by atoms with van der Waals surface area (Å²) < 4.78 is 0. The summed E-state index contributed by atoms with van der Waals surface area (Å²) >= 11 is 0. The quantitative estimate of drug-likeness (QED) is 0.724. The molecule has 0 aromatic heterocycles. The van der Waals surface area contributed by atoms with E-state index in [9.17, 15) is 9.59 Å². The molecule has 4 nitrogen and oxygen atoms in total. The van der Waals surface area contributed by atoms with Crippen molar-refractivity contribution in [3.8, 4) is 0 Å².